The van der Waals surface area contributed by atoms with Crippen LogP contribution in [0.5, 0.6) is 5.75 Å². The number of amidine groups is 1. The second kappa shape index (κ2) is 8.89. The van der Waals surface area contributed by atoms with Crippen molar-refractivity contribution in [2.24, 2.45) is 4.99 Å². The zero-order chi connectivity index (χ0) is 18.3. The second-order valence-electron chi connectivity index (χ2n) is 4.52. The Morgan fingerprint density at radius 3 is 2.38 bits per heavy atom. The highest BCUT2D eigenvalue weighted by molar-refractivity contribution is 6.48. The molecular weight excluding hydrogens is 347 g/mol. The number of methoxy groups -OCH3 is 1. The molecule has 0 saturated heterocycles. The minimum atomic E-state index is -4.59. The monoisotopic (exact) mass is 365 g/mol. The molecule has 0 bridgehead atoms. The standard InChI is InChI=1S/C13H13ClF3N3O2.C2H6/c1-22-9-4-2-8(3-5-9)7-20-11(10(21)6-14)18-12(19-20)13(15,16)17;1-2/h2-5,12,19H,6-7H2,1H3;1-2H3. The molecule has 1 aliphatic rings. The number of alkyl halides is 4. The third-order valence-corrected chi connectivity index (χ3v) is 3.21. The molecule has 0 spiro atoms. The van der Waals surface area contributed by atoms with E-state index in [2.05, 4.69) is 10.4 Å². The number of carbonyl (C=O) groups excluding carboxylic acids is 1. The van der Waals surface area contributed by atoms with Gasteiger partial charge in [-0.1, -0.05) is 26.0 Å². The molecule has 0 radical (unpaired) electrons. The van der Waals surface area contributed by atoms with Crippen molar-refractivity contribution in [3.8, 4) is 5.75 Å². The molecule has 1 aromatic carbocycles. The third-order valence-electron chi connectivity index (χ3n) is 2.97. The zero-order valence-corrected chi connectivity index (χ0v) is 14.3. The molecule has 1 atom stereocenters. The van der Waals surface area contributed by atoms with Crippen LogP contribution >= 0.6 is 11.6 Å². The lowest BCUT2D eigenvalue weighted by atomic mass is 10.2. The minimum Gasteiger partial charge on any atom is -0.497 e. The van der Waals surface area contributed by atoms with E-state index in [1.54, 1.807) is 24.3 Å². The van der Waals surface area contributed by atoms with Gasteiger partial charge in [-0.15, -0.1) is 11.6 Å². The molecule has 1 unspecified atom stereocenters. The van der Waals surface area contributed by atoms with Crippen molar-refractivity contribution in [3.63, 3.8) is 0 Å². The van der Waals surface area contributed by atoms with Crippen LogP contribution in [0.15, 0.2) is 29.3 Å². The van der Waals surface area contributed by atoms with Gasteiger partial charge in [-0.05, 0) is 17.7 Å². The molecule has 0 aromatic heterocycles. The molecule has 134 valence electrons. The Bertz CT molecular complexity index is 576. The average Bonchev–Trinajstić information content (AvgIpc) is 3.01. The van der Waals surface area contributed by atoms with Gasteiger partial charge in [0, 0.05) is 0 Å². The summed E-state index contributed by atoms with van der Waals surface area (Å²) in [6.07, 6.45) is -6.74. The molecule has 0 amide bonds. The summed E-state index contributed by atoms with van der Waals surface area (Å²) in [4.78, 5) is 15.0. The second-order valence-corrected chi connectivity index (χ2v) is 4.78. The Hall–Kier alpha value is -1.80. The van der Waals surface area contributed by atoms with Gasteiger partial charge in [0.2, 0.25) is 11.9 Å². The molecule has 9 heteroatoms. The zero-order valence-electron chi connectivity index (χ0n) is 13.5. The van der Waals surface area contributed by atoms with Crippen molar-refractivity contribution >= 4 is 23.2 Å². The van der Waals surface area contributed by atoms with E-state index in [1.165, 1.54) is 7.11 Å². The number of halogens is 4. The Balaban J connectivity index is 0.00000139. The SMILES string of the molecule is CC.COc1ccc(CN2NC(C(F)(F)F)N=C2C(=O)CCl)cc1. The van der Waals surface area contributed by atoms with Crippen LogP contribution in [0.4, 0.5) is 13.2 Å². The molecule has 0 fully saturated rings. The van der Waals surface area contributed by atoms with Crippen LogP contribution in [-0.2, 0) is 11.3 Å². The summed E-state index contributed by atoms with van der Waals surface area (Å²) in [5.41, 5.74) is 2.85. The lowest BCUT2D eigenvalue weighted by Gasteiger charge is -2.21. The summed E-state index contributed by atoms with van der Waals surface area (Å²) in [6, 6.07) is 6.72. The van der Waals surface area contributed by atoms with Gasteiger partial charge in [-0.25, -0.2) is 4.99 Å². The first-order valence-electron chi connectivity index (χ1n) is 7.25. The first kappa shape index (κ1) is 20.2. The molecule has 1 aliphatic heterocycles. The maximum absolute atomic E-state index is 12.8. The van der Waals surface area contributed by atoms with Crippen molar-refractivity contribution < 1.29 is 22.7 Å². The molecule has 1 aromatic rings. The maximum Gasteiger partial charge on any atom is 0.425 e. The number of rotatable bonds is 5. The van der Waals surface area contributed by atoms with Crippen LogP contribution in [0.3, 0.4) is 0 Å². The Morgan fingerprint density at radius 1 is 1.33 bits per heavy atom. The Morgan fingerprint density at radius 2 is 1.92 bits per heavy atom. The normalized spacial score (nSPS) is 17.0. The summed E-state index contributed by atoms with van der Waals surface area (Å²) in [5.74, 6) is -0.816. The molecule has 5 nitrogen and oxygen atoms in total. The number of hydrogen-bond acceptors (Lipinski definition) is 5. The third kappa shape index (κ3) is 5.10. The van der Waals surface area contributed by atoms with Crippen LogP contribution < -0.4 is 10.2 Å². The highest BCUT2D eigenvalue weighted by Crippen LogP contribution is 2.25. The molecule has 24 heavy (non-hydrogen) atoms. The fourth-order valence-electron chi connectivity index (χ4n) is 1.89. The number of hydrogen-bond donors (Lipinski definition) is 1. The van der Waals surface area contributed by atoms with Crippen LogP contribution in [-0.4, -0.2) is 42.0 Å². The van der Waals surface area contributed by atoms with Gasteiger partial charge in [0.15, 0.2) is 5.84 Å². The predicted molar refractivity (Wildman–Crippen MR) is 86.0 cm³/mol. The summed E-state index contributed by atoms with van der Waals surface area (Å²) in [7, 11) is 1.51. The molecule has 0 aliphatic carbocycles. The molecule has 0 saturated carbocycles. The Labute approximate surface area is 143 Å². The van der Waals surface area contributed by atoms with Crippen molar-refractivity contribution in [1.29, 1.82) is 0 Å². The number of Topliss-reactive ketones (excluding diaryl/α,β-unsaturated/α-hetero) is 1. The van der Waals surface area contributed by atoms with Crippen molar-refractivity contribution in [3.05, 3.63) is 29.8 Å². The topological polar surface area (TPSA) is 53.9 Å². The van der Waals surface area contributed by atoms with E-state index in [0.29, 0.717) is 11.3 Å². The van der Waals surface area contributed by atoms with E-state index in [0.717, 1.165) is 5.01 Å². The number of carbonyl (C=O) groups is 1. The summed E-state index contributed by atoms with van der Waals surface area (Å²) < 4.78 is 43.3. The van der Waals surface area contributed by atoms with Gasteiger partial charge in [-0.3, -0.25) is 9.80 Å². The van der Waals surface area contributed by atoms with Crippen LogP contribution in [0.2, 0.25) is 0 Å². The number of ketones is 1. The number of aliphatic imine (C=N–C) groups is 1. The first-order valence-corrected chi connectivity index (χ1v) is 7.79. The van der Waals surface area contributed by atoms with E-state index < -0.39 is 24.0 Å². The van der Waals surface area contributed by atoms with Crippen molar-refractivity contribution in [1.82, 2.24) is 10.4 Å². The highest BCUT2D eigenvalue weighted by atomic mass is 35.5. The maximum atomic E-state index is 12.8. The number of ether oxygens (including phenoxy) is 1. The summed E-state index contributed by atoms with van der Waals surface area (Å²) in [5, 5.41) is 1.06. The molecule has 1 N–H and O–H groups in total. The number of nitrogens with zero attached hydrogens (tertiary/aromatic N) is 2. The van der Waals surface area contributed by atoms with Gasteiger partial charge >= 0.3 is 6.18 Å². The fraction of sp³-hybridized carbons (Fsp3) is 0.467. The summed E-state index contributed by atoms with van der Waals surface area (Å²) in [6.45, 7) is 4.04. The molecule has 2 rings (SSSR count). The Kier molecular flexibility index (Phi) is 7.50. The highest BCUT2D eigenvalue weighted by Gasteiger charge is 2.45. The van der Waals surface area contributed by atoms with Crippen molar-refractivity contribution in [2.75, 3.05) is 13.0 Å². The van der Waals surface area contributed by atoms with E-state index >= 15 is 0 Å². The average molecular weight is 366 g/mol. The molecular formula is C15H19ClF3N3O2. The van der Waals surface area contributed by atoms with Crippen molar-refractivity contribution in [2.45, 2.75) is 32.7 Å². The van der Waals surface area contributed by atoms with Crippen LogP contribution in [0.25, 0.3) is 0 Å². The van der Waals surface area contributed by atoms with E-state index in [9.17, 15) is 18.0 Å². The van der Waals surface area contributed by atoms with E-state index in [4.69, 9.17) is 16.3 Å². The number of nitrogens with one attached hydrogen (secondary N) is 1. The van der Waals surface area contributed by atoms with Gasteiger partial charge in [0.05, 0.1) is 19.5 Å². The lowest BCUT2D eigenvalue weighted by molar-refractivity contribution is -0.158. The van der Waals surface area contributed by atoms with Gasteiger partial charge < -0.3 is 4.74 Å². The van der Waals surface area contributed by atoms with Crippen LogP contribution in [0.1, 0.15) is 19.4 Å². The smallest absolute Gasteiger partial charge is 0.425 e. The minimum absolute atomic E-state index is 0.0397. The summed E-state index contributed by atoms with van der Waals surface area (Å²) >= 11 is 5.42. The van der Waals surface area contributed by atoms with E-state index in [1.807, 2.05) is 13.8 Å². The van der Waals surface area contributed by atoms with Crippen LogP contribution in [0, 0.1) is 0 Å². The quantitative estimate of drug-likeness (QED) is 0.814. The fourth-order valence-corrected chi connectivity index (χ4v) is 2.01. The van der Waals surface area contributed by atoms with Gasteiger partial charge in [0.1, 0.15) is 5.75 Å². The number of benzene rings is 1. The van der Waals surface area contributed by atoms with Gasteiger partial charge in [-0.2, -0.15) is 18.6 Å². The van der Waals surface area contributed by atoms with Gasteiger partial charge in [0.25, 0.3) is 0 Å². The number of hydrazine groups is 1. The first-order chi connectivity index (χ1) is 11.3. The molecule has 1 heterocycles. The predicted octanol–water partition coefficient (Wildman–Crippen LogP) is 3.14. The largest absolute Gasteiger partial charge is 0.497 e. The lowest BCUT2D eigenvalue weighted by Crippen LogP contribution is -2.47. The van der Waals surface area contributed by atoms with E-state index in [-0.39, 0.29) is 12.4 Å².